The van der Waals surface area contributed by atoms with Crippen LogP contribution in [0.15, 0.2) is 45.7 Å². The number of furan rings is 1. The topological polar surface area (TPSA) is 62.5 Å². The lowest BCUT2D eigenvalue weighted by atomic mass is 10.2. The maximum Gasteiger partial charge on any atom is 0.371 e. The fourth-order valence-corrected chi connectivity index (χ4v) is 2.61. The van der Waals surface area contributed by atoms with Crippen LogP contribution in [0.1, 0.15) is 21.9 Å². The lowest BCUT2D eigenvalue weighted by Gasteiger charge is -2.04. The van der Waals surface area contributed by atoms with Crippen LogP contribution in [-0.4, -0.2) is 23.4 Å². The molecule has 0 saturated carbocycles. The summed E-state index contributed by atoms with van der Waals surface area (Å²) < 4.78 is 5.16. The average molecular weight is 291 g/mol. The molecule has 0 spiro atoms. The second kappa shape index (κ2) is 7.17. The molecule has 20 heavy (non-hydrogen) atoms. The largest absolute Gasteiger partial charge is 0.475 e. The highest BCUT2D eigenvalue weighted by atomic mass is 32.2. The summed E-state index contributed by atoms with van der Waals surface area (Å²) in [7, 11) is 0. The summed E-state index contributed by atoms with van der Waals surface area (Å²) in [5.41, 5.74) is 0.895. The second-order valence-electron chi connectivity index (χ2n) is 4.34. The van der Waals surface area contributed by atoms with Gasteiger partial charge in [-0.2, -0.15) is 0 Å². The predicted octanol–water partition coefficient (Wildman–Crippen LogP) is 3.17. The Hall–Kier alpha value is -1.72. The van der Waals surface area contributed by atoms with Crippen molar-refractivity contribution in [3.8, 4) is 0 Å². The summed E-state index contributed by atoms with van der Waals surface area (Å²) in [6.07, 6.45) is 0. The Morgan fingerprint density at radius 1 is 1.35 bits per heavy atom. The van der Waals surface area contributed by atoms with E-state index in [0.717, 1.165) is 17.9 Å². The van der Waals surface area contributed by atoms with Crippen molar-refractivity contribution in [2.24, 2.45) is 0 Å². The third kappa shape index (κ3) is 4.15. The predicted molar refractivity (Wildman–Crippen MR) is 79.3 cm³/mol. The number of thioether (sulfide) groups is 1. The molecule has 0 saturated heterocycles. The Morgan fingerprint density at radius 3 is 2.75 bits per heavy atom. The average Bonchev–Trinajstić information content (AvgIpc) is 2.81. The van der Waals surface area contributed by atoms with Gasteiger partial charge in [-0.25, -0.2) is 4.79 Å². The van der Waals surface area contributed by atoms with Crippen molar-refractivity contribution < 1.29 is 14.3 Å². The minimum Gasteiger partial charge on any atom is -0.475 e. The Labute approximate surface area is 122 Å². The SMILES string of the molecule is Cc1oc(C(=O)O)cc1CNCCSc1ccccc1. The molecule has 0 aliphatic heterocycles. The van der Waals surface area contributed by atoms with E-state index in [1.807, 2.05) is 18.2 Å². The molecule has 2 aromatic rings. The van der Waals surface area contributed by atoms with Crippen molar-refractivity contribution in [1.29, 1.82) is 0 Å². The van der Waals surface area contributed by atoms with Gasteiger partial charge in [-0.3, -0.25) is 0 Å². The zero-order valence-corrected chi connectivity index (χ0v) is 12.1. The Morgan fingerprint density at radius 2 is 2.10 bits per heavy atom. The van der Waals surface area contributed by atoms with Gasteiger partial charge in [0.05, 0.1) is 0 Å². The summed E-state index contributed by atoms with van der Waals surface area (Å²) in [4.78, 5) is 12.0. The van der Waals surface area contributed by atoms with Crippen molar-refractivity contribution in [3.05, 3.63) is 53.5 Å². The molecule has 1 aromatic carbocycles. The smallest absolute Gasteiger partial charge is 0.371 e. The monoisotopic (exact) mass is 291 g/mol. The van der Waals surface area contributed by atoms with E-state index in [9.17, 15) is 4.79 Å². The fourth-order valence-electron chi connectivity index (χ4n) is 1.78. The molecule has 0 aliphatic rings. The van der Waals surface area contributed by atoms with Gasteiger partial charge < -0.3 is 14.8 Å². The second-order valence-corrected chi connectivity index (χ2v) is 5.50. The first-order valence-electron chi connectivity index (χ1n) is 6.38. The molecule has 106 valence electrons. The highest BCUT2D eigenvalue weighted by Crippen LogP contribution is 2.16. The number of hydrogen-bond acceptors (Lipinski definition) is 4. The molecule has 0 aliphatic carbocycles. The number of rotatable bonds is 7. The Kier molecular flexibility index (Phi) is 5.26. The van der Waals surface area contributed by atoms with Gasteiger partial charge in [-0.05, 0) is 25.1 Å². The molecule has 5 heteroatoms. The van der Waals surface area contributed by atoms with Crippen LogP contribution in [0.4, 0.5) is 0 Å². The lowest BCUT2D eigenvalue weighted by Crippen LogP contribution is -2.16. The molecule has 2 rings (SSSR count). The number of nitrogens with one attached hydrogen (secondary N) is 1. The summed E-state index contributed by atoms with van der Waals surface area (Å²) in [5.74, 6) is 0.592. The Balaban J connectivity index is 1.72. The van der Waals surface area contributed by atoms with Crippen LogP contribution in [-0.2, 0) is 6.54 Å². The van der Waals surface area contributed by atoms with E-state index in [0.29, 0.717) is 12.3 Å². The van der Waals surface area contributed by atoms with Crippen LogP contribution in [0.3, 0.4) is 0 Å². The van der Waals surface area contributed by atoms with E-state index in [4.69, 9.17) is 9.52 Å². The maximum atomic E-state index is 10.8. The molecular weight excluding hydrogens is 274 g/mol. The van der Waals surface area contributed by atoms with E-state index in [2.05, 4.69) is 17.4 Å². The highest BCUT2D eigenvalue weighted by molar-refractivity contribution is 7.99. The molecule has 0 radical (unpaired) electrons. The molecule has 0 fully saturated rings. The van der Waals surface area contributed by atoms with Crippen molar-refractivity contribution in [2.45, 2.75) is 18.4 Å². The number of carboxylic acids is 1. The van der Waals surface area contributed by atoms with Gasteiger partial charge in [-0.1, -0.05) is 18.2 Å². The third-order valence-corrected chi connectivity index (χ3v) is 3.85. The van der Waals surface area contributed by atoms with E-state index in [1.165, 1.54) is 4.90 Å². The van der Waals surface area contributed by atoms with Crippen molar-refractivity contribution in [2.75, 3.05) is 12.3 Å². The van der Waals surface area contributed by atoms with Gasteiger partial charge in [-0.15, -0.1) is 11.8 Å². The minimum atomic E-state index is -1.03. The standard InChI is InChI=1S/C15H17NO3S/c1-11-12(9-14(19-11)15(17)18)10-16-7-8-20-13-5-3-2-4-6-13/h2-6,9,16H,7-8,10H2,1H3,(H,17,18). The highest BCUT2D eigenvalue weighted by Gasteiger charge is 2.12. The van der Waals surface area contributed by atoms with E-state index >= 15 is 0 Å². The van der Waals surface area contributed by atoms with E-state index in [-0.39, 0.29) is 5.76 Å². The molecule has 2 N–H and O–H groups in total. The number of carboxylic acid groups (broad SMARTS) is 1. The fraction of sp³-hybridized carbons (Fsp3) is 0.267. The summed E-state index contributed by atoms with van der Waals surface area (Å²) in [5, 5.41) is 12.1. The van der Waals surface area contributed by atoms with Gasteiger partial charge in [0.15, 0.2) is 0 Å². The Bertz CT molecular complexity index is 566. The molecule has 0 unspecified atom stereocenters. The van der Waals surface area contributed by atoms with Gasteiger partial charge in [0.1, 0.15) is 5.76 Å². The number of aromatic carboxylic acids is 1. The van der Waals surface area contributed by atoms with Crippen LogP contribution >= 0.6 is 11.8 Å². The normalized spacial score (nSPS) is 10.7. The molecule has 0 atom stereocenters. The minimum absolute atomic E-state index is 0.00189. The van der Waals surface area contributed by atoms with Crippen LogP contribution < -0.4 is 5.32 Å². The molecule has 4 nitrogen and oxygen atoms in total. The molecular formula is C15H17NO3S. The van der Waals surface area contributed by atoms with E-state index < -0.39 is 5.97 Å². The van der Waals surface area contributed by atoms with Crippen LogP contribution in [0.25, 0.3) is 0 Å². The molecule has 1 aromatic heterocycles. The van der Waals surface area contributed by atoms with Crippen molar-refractivity contribution in [3.63, 3.8) is 0 Å². The van der Waals surface area contributed by atoms with Crippen molar-refractivity contribution >= 4 is 17.7 Å². The molecule has 0 bridgehead atoms. The number of aryl methyl sites for hydroxylation is 1. The number of hydrogen-bond donors (Lipinski definition) is 2. The van der Waals surface area contributed by atoms with E-state index in [1.54, 1.807) is 24.8 Å². The number of benzene rings is 1. The first kappa shape index (κ1) is 14.7. The van der Waals surface area contributed by atoms with Crippen molar-refractivity contribution in [1.82, 2.24) is 5.32 Å². The molecule has 0 amide bonds. The first-order valence-corrected chi connectivity index (χ1v) is 7.36. The van der Waals surface area contributed by atoms with Gasteiger partial charge >= 0.3 is 5.97 Å². The van der Waals surface area contributed by atoms with Gasteiger partial charge in [0.25, 0.3) is 0 Å². The van der Waals surface area contributed by atoms with Crippen LogP contribution in [0.2, 0.25) is 0 Å². The number of carbonyl (C=O) groups is 1. The zero-order valence-electron chi connectivity index (χ0n) is 11.3. The van der Waals surface area contributed by atoms with Crippen LogP contribution in [0.5, 0.6) is 0 Å². The van der Waals surface area contributed by atoms with Gasteiger partial charge in [0.2, 0.25) is 5.76 Å². The maximum absolute atomic E-state index is 10.8. The first-order chi connectivity index (χ1) is 9.66. The summed E-state index contributed by atoms with van der Waals surface area (Å²) in [6.45, 7) is 3.26. The van der Waals surface area contributed by atoms with Gasteiger partial charge in [0, 0.05) is 29.3 Å². The quantitative estimate of drug-likeness (QED) is 0.606. The zero-order chi connectivity index (χ0) is 14.4. The third-order valence-electron chi connectivity index (χ3n) is 2.84. The van der Waals surface area contributed by atoms with Crippen LogP contribution in [0, 0.1) is 6.92 Å². The summed E-state index contributed by atoms with van der Waals surface area (Å²) in [6, 6.07) is 11.8. The molecule has 1 heterocycles. The summed E-state index contributed by atoms with van der Waals surface area (Å²) >= 11 is 1.79. The lowest BCUT2D eigenvalue weighted by molar-refractivity contribution is 0.0661.